The molecule has 14 nitrogen and oxygen atoms in total. The van der Waals surface area contributed by atoms with Gasteiger partial charge in [-0.3, -0.25) is 4.79 Å². The molecule has 2 fully saturated rings. The van der Waals surface area contributed by atoms with E-state index in [2.05, 4.69) is 0 Å². The summed E-state index contributed by atoms with van der Waals surface area (Å²) in [6.45, 7) is 4.70. The zero-order valence-electron chi connectivity index (χ0n) is 24.6. The van der Waals surface area contributed by atoms with Crippen molar-refractivity contribution in [1.82, 2.24) is 0 Å². The summed E-state index contributed by atoms with van der Waals surface area (Å²) >= 11 is 0. The zero-order valence-corrected chi connectivity index (χ0v) is 24.6. The molecule has 0 bridgehead atoms. The predicted octanol–water partition coefficient (Wildman–Crippen LogP) is 0.755. The number of aromatic hydroxyl groups is 3. The van der Waals surface area contributed by atoms with E-state index in [1.54, 1.807) is 6.08 Å². The summed E-state index contributed by atoms with van der Waals surface area (Å²) in [7, 11) is 0. The van der Waals surface area contributed by atoms with Crippen LogP contribution in [0.1, 0.15) is 26.3 Å². The van der Waals surface area contributed by atoms with Crippen LogP contribution in [0, 0.1) is 0 Å². The fourth-order valence-corrected chi connectivity index (χ4v) is 5.19. The lowest BCUT2D eigenvalue weighted by atomic mass is 9.99. The maximum absolute atomic E-state index is 14.1. The zero-order chi connectivity index (χ0) is 32.7. The van der Waals surface area contributed by atoms with E-state index in [-0.39, 0.29) is 45.8 Å². The Kier molecular flexibility index (Phi) is 9.39. The van der Waals surface area contributed by atoms with Crippen LogP contribution in [0.15, 0.2) is 51.2 Å². The van der Waals surface area contributed by atoms with Crippen molar-refractivity contribution in [3.8, 4) is 34.3 Å². The van der Waals surface area contributed by atoms with Gasteiger partial charge in [0, 0.05) is 17.2 Å². The highest BCUT2D eigenvalue weighted by molar-refractivity contribution is 5.91. The molecule has 0 aliphatic carbocycles. The van der Waals surface area contributed by atoms with Gasteiger partial charge < -0.3 is 64.2 Å². The number of aliphatic hydroxyl groups excluding tert-OH is 5. The lowest BCUT2D eigenvalue weighted by molar-refractivity contribution is -0.341. The van der Waals surface area contributed by atoms with Gasteiger partial charge in [0.15, 0.2) is 18.2 Å². The Morgan fingerprint density at radius 2 is 1.62 bits per heavy atom. The number of rotatable bonds is 7. The van der Waals surface area contributed by atoms with Crippen LogP contribution in [-0.4, -0.2) is 103 Å². The van der Waals surface area contributed by atoms with Crippen molar-refractivity contribution in [2.75, 3.05) is 6.61 Å². The molecule has 3 heterocycles. The van der Waals surface area contributed by atoms with Gasteiger partial charge in [0.05, 0.1) is 12.7 Å². The van der Waals surface area contributed by atoms with Crippen molar-refractivity contribution < 1.29 is 64.2 Å². The number of phenolic OH excluding ortho intramolecular Hbond substituents is 3. The van der Waals surface area contributed by atoms with Gasteiger partial charge in [-0.25, -0.2) is 0 Å². The molecule has 0 saturated carbocycles. The first-order valence-corrected chi connectivity index (χ1v) is 14.2. The highest BCUT2D eigenvalue weighted by Crippen LogP contribution is 2.40. The molecule has 1 aromatic heterocycles. The monoisotopic (exact) mass is 632 g/mol. The first-order chi connectivity index (χ1) is 21.3. The Labute approximate surface area is 256 Å². The summed E-state index contributed by atoms with van der Waals surface area (Å²) in [5, 5.41) is 82.9. The topological polar surface area (TPSA) is 229 Å². The Morgan fingerprint density at radius 3 is 2.29 bits per heavy atom. The van der Waals surface area contributed by atoms with Crippen molar-refractivity contribution in [3.63, 3.8) is 0 Å². The van der Waals surface area contributed by atoms with Gasteiger partial charge in [0.25, 0.3) is 0 Å². The largest absolute Gasteiger partial charge is 0.508 e. The second-order valence-corrected chi connectivity index (χ2v) is 11.4. The minimum Gasteiger partial charge on any atom is -0.508 e. The van der Waals surface area contributed by atoms with Crippen LogP contribution >= 0.6 is 0 Å². The average molecular weight is 633 g/mol. The minimum atomic E-state index is -1.76. The van der Waals surface area contributed by atoms with Crippen molar-refractivity contribution >= 4 is 11.0 Å². The van der Waals surface area contributed by atoms with E-state index in [0.717, 1.165) is 11.6 Å². The fraction of sp³-hybridized carbons (Fsp3) is 0.452. The molecule has 5 rings (SSSR count). The van der Waals surface area contributed by atoms with Crippen LogP contribution in [-0.2, 0) is 20.6 Å². The highest BCUT2D eigenvalue weighted by atomic mass is 16.8. The van der Waals surface area contributed by atoms with E-state index in [1.807, 2.05) is 13.8 Å². The molecule has 3 aromatic rings. The van der Waals surface area contributed by atoms with Crippen LogP contribution in [0.4, 0.5) is 0 Å². The third-order valence-corrected chi connectivity index (χ3v) is 7.79. The van der Waals surface area contributed by atoms with Crippen LogP contribution in [0.25, 0.3) is 22.3 Å². The van der Waals surface area contributed by atoms with Gasteiger partial charge in [-0.1, -0.05) is 11.6 Å². The lowest BCUT2D eigenvalue weighted by Gasteiger charge is -2.44. The van der Waals surface area contributed by atoms with Crippen molar-refractivity contribution in [1.29, 1.82) is 0 Å². The third kappa shape index (κ3) is 6.36. The van der Waals surface area contributed by atoms with Gasteiger partial charge in [-0.2, -0.15) is 0 Å². The van der Waals surface area contributed by atoms with Gasteiger partial charge in [-0.15, -0.1) is 0 Å². The number of fused-ring (bicyclic) bond motifs is 1. The molecule has 0 radical (unpaired) electrons. The number of benzene rings is 2. The summed E-state index contributed by atoms with van der Waals surface area (Å²) in [5.74, 6) is -1.72. The molecule has 0 spiro atoms. The molecule has 2 aliphatic heterocycles. The average Bonchev–Trinajstić information content (AvgIpc) is 2.98. The SMILES string of the molecule is CC(C)=CCc1c(O)cc(O)c2c(=O)c(O[C@H]3O[C@H](C)[C@@H](O)[C@H](O)[C@@H]3O[C@H]3OC[C@H](O)[C@@H](O)[C@@H]3O)c(-c3ccc(O)cc3)oc12. The van der Waals surface area contributed by atoms with E-state index < -0.39 is 78.8 Å². The maximum Gasteiger partial charge on any atom is 0.239 e. The summed E-state index contributed by atoms with van der Waals surface area (Å²) < 4.78 is 29.0. The molecule has 14 heteroatoms. The van der Waals surface area contributed by atoms with Crippen molar-refractivity contribution in [3.05, 3.63) is 57.8 Å². The molecule has 8 N–H and O–H groups in total. The third-order valence-electron chi connectivity index (χ3n) is 7.79. The van der Waals surface area contributed by atoms with Crippen LogP contribution in [0.2, 0.25) is 0 Å². The molecule has 45 heavy (non-hydrogen) atoms. The van der Waals surface area contributed by atoms with Crippen molar-refractivity contribution in [2.45, 2.75) is 82.5 Å². The quantitative estimate of drug-likeness (QED) is 0.168. The van der Waals surface area contributed by atoms with Crippen LogP contribution < -0.4 is 10.2 Å². The first kappa shape index (κ1) is 32.7. The van der Waals surface area contributed by atoms with Gasteiger partial charge in [-0.05, 0) is 51.5 Å². The van der Waals surface area contributed by atoms with Gasteiger partial charge in [0.1, 0.15) is 58.7 Å². The van der Waals surface area contributed by atoms with E-state index >= 15 is 0 Å². The van der Waals surface area contributed by atoms with E-state index in [1.165, 1.54) is 31.2 Å². The molecule has 9 atom stereocenters. The number of ether oxygens (including phenoxy) is 4. The smallest absolute Gasteiger partial charge is 0.239 e. The Hall–Kier alpha value is -3.73. The molecular weight excluding hydrogens is 596 g/mol. The van der Waals surface area contributed by atoms with Crippen LogP contribution in [0.3, 0.4) is 0 Å². The molecular formula is C31H36O14. The fourth-order valence-electron chi connectivity index (χ4n) is 5.19. The second kappa shape index (κ2) is 12.9. The summed E-state index contributed by atoms with van der Waals surface area (Å²) in [4.78, 5) is 14.1. The number of aliphatic hydroxyl groups is 5. The number of hydrogen-bond donors (Lipinski definition) is 8. The second-order valence-electron chi connectivity index (χ2n) is 11.4. The molecule has 2 aromatic carbocycles. The molecule has 2 saturated heterocycles. The van der Waals surface area contributed by atoms with Crippen LogP contribution in [0.5, 0.6) is 23.0 Å². The summed E-state index contributed by atoms with van der Waals surface area (Å²) in [6, 6.07) is 6.53. The number of phenols is 3. The number of allylic oxidation sites excluding steroid dienone is 2. The standard InChI is InChI=1S/C31H36O14/c1-12(2)4-9-16-17(33)10-18(34)20-23(38)28(26(43-27(16)20)14-5-7-15(32)8-6-14)44-31-29(24(39)21(36)13(3)42-31)45-30-25(40)22(37)19(35)11-41-30/h4-8,10,13,19,21-22,24-25,29-37,39-40H,9,11H2,1-3H3/t13-,19+,21-,22-,24+,25+,29+,30-,31-/m1/s1. The Bertz CT molecular complexity index is 1610. The highest BCUT2D eigenvalue weighted by Gasteiger charge is 2.49. The van der Waals surface area contributed by atoms with E-state index in [9.17, 15) is 45.6 Å². The molecule has 244 valence electrons. The Morgan fingerprint density at radius 1 is 0.933 bits per heavy atom. The molecule has 2 aliphatic rings. The van der Waals surface area contributed by atoms with E-state index in [4.69, 9.17) is 23.4 Å². The van der Waals surface area contributed by atoms with E-state index in [0.29, 0.717) is 0 Å². The predicted molar refractivity (Wildman–Crippen MR) is 156 cm³/mol. The molecule has 0 unspecified atom stereocenters. The number of hydrogen-bond acceptors (Lipinski definition) is 14. The van der Waals surface area contributed by atoms with Gasteiger partial charge in [0.2, 0.25) is 17.5 Å². The Balaban J connectivity index is 1.65. The minimum absolute atomic E-state index is 0.0859. The normalized spacial score (nSPS) is 30.3. The van der Waals surface area contributed by atoms with Gasteiger partial charge >= 0.3 is 0 Å². The first-order valence-electron chi connectivity index (χ1n) is 14.2. The summed E-state index contributed by atoms with van der Waals surface area (Å²) in [6.07, 6.45) is -12.1. The summed E-state index contributed by atoms with van der Waals surface area (Å²) in [5.41, 5.74) is 0.347. The lowest BCUT2D eigenvalue weighted by Crippen LogP contribution is -2.62. The maximum atomic E-state index is 14.1. The molecule has 0 amide bonds. The van der Waals surface area contributed by atoms with Crippen molar-refractivity contribution in [2.24, 2.45) is 0 Å².